The number of benzene rings is 2. The van der Waals surface area contributed by atoms with Crippen LogP contribution in [0.25, 0.3) is 11.4 Å². The van der Waals surface area contributed by atoms with Crippen molar-refractivity contribution < 1.29 is 9.53 Å². The molecular formula is C18H16Cl2N4O2. The van der Waals surface area contributed by atoms with Crippen molar-refractivity contribution in [1.82, 2.24) is 14.8 Å². The van der Waals surface area contributed by atoms with Gasteiger partial charge in [0.15, 0.2) is 11.9 Å². The van der Waals surface area contributed by atoms with Gasteiger partial charge in [-0.1, -0.05) is 41.4 Å². The normalized spacial score (nSPS) is 11.8. The van der Waals surface area contributed by atoms with Gasteiger partial charge in [0, 0.05) is 12.6 Å². The fourth-order valence-electron chi connectivity index (χ4n) is 2.37. The second kappa shape index (κ2) is 7.76. The molecule has 0 saturated carbocycles. The number of halogens is 2. The maximum Gasteiger partial charge on any atom is 0.265 e. The Morgan fingerprint density at radius 1 is 1.19 bits per heavy atom. The molecule has 0 aliphatic rings. The van der Waals surface area contributed by atoms with E-state index >= 15 is 0 Å². The topological polar surface area (TPSA) is 69.0 Å². The largest absolute Gasteiger partial charge is 0.479 e. The number of aromatic nitrogens is 3. The minimum atomic E-state index is -0.779. The van der Waals surface area contributed by atoms with Crippen molar-refractivity contribution in [1.29, 1.82) is 0 Å². The molecule has 0 bridgehead atoms. The van der Waals surface area contributed by atoms with Crippen molar-refractivity contribution in [3.63, 3.8) is 0 Å². The van der Waals surface area contributed by atoms with Gasteiger partial charge in [-0.15, -0.1) is 10.2 Å². The first-order chi connectivity index (χ1) is 12.5. The van der Waals surface area contributed by atoms with Crippen LogP contribution in [0, 0.1) is 0 Å². The third-order valence-corrected chi connectivity index (χ3v) is 4.53. The van der Waals surface area contributed by atoms with Crippen LogP contribution in [0.2, 0.25) is 10.0 Å². The summed E-state index contributed by atoms with van der Waals surface area (Å²) < 4.78 is 7.43. The van der Waals surface area contributed by atoms with Crippen LogP contribution in [0.3, 0.4) is 0 Å². The predicted molar refractivity (Wildman–Crippen MR) is 102 cm³/mol. The Balaban J connectivity index is 1.78. The molecule has 6 nitrogen and oxygen atoms in total. The van der Waals surface area contributed by atoms with Gasteiger partial charge in [-0.2, -0.15) is 0 Å². The number of rotatable bonds is 5. The van der Waals surface area contributed by atoms with Crippen molar-refractivity contribution in [2.75, 3.05) is 5.32 Å². The molecule has 26 heavy (non-hydrogen) atoms. The summed E-state index contributed by atoms with van der Waals surface area (Å²) in [6.45, 7) is 1.64. The summed E-state index contributed by atoms with van der Waals surface area (Å²) in [5.74, 6) is 0.673. The van der Waals surface area contributed by atoms with E-state index in [4.69, 9.17) is 27.9 Å². The first-order valence-corrected chi connectivity index (χ1v) is 8.58. The fourth-order valence-corrected chi connectivity index (χ4v) is 2.70. The number of anilines is 1. The number of para-hydroxylation sites is 1. The van der Waals surface area contributed by atoms with Crippen LogP contribution in [-0.4, -0.2) is 26.8 Å². The van der Waals surface area contributed by atoms with E-state index in [9.17, 15) is 4.79 Å². The van der Waals surface area contributed by atoms with Crippen LogP contribution in [0.15, 0.2) is 48.8 Å². The molecule has 1 amide bonds. The zero-order valence-corrected chi connectivity index (χ0v) is 15.6. The molecule has 3 aromatic rings. The zero-order valence-electron chi connectivity index (χ0n) is 14.1. The molecule has 1 aromatic heterocycles. The highest BCUT2D eigenvalue weighted by atomic mass is 35.5. The molecule has 0 saturated heterocycles. The summed E-state index contributed by atoms with van der Waals surface area (Å²) in [5.41, 5.74) is 1.37. The van der Waals surface area contributed by atoms with Crippen molar-refractivity contribution in [3.05, 3.63) is 58.8 Å². The molecule has 8 heteroatoms. The van der Waals surface area contributed by atoms with E-state index in [-0.39, 0.29) is 10.9 Å². The number of hydrogen-bond acceptors (Lipinski definition) is 4. The van der Waals surface area contributed by atoms with Crippen molar-refractivity contribution in [2.24, 2.45) is 7.05 Å². The molecule has 0 fully saturated rings. The summed E-state index contributed by atoms with van der Waals surface area (Å²) in [5, 5.41) is 11.5. The molecule has 2 aromatic carbocycles. The van der Waals surface area contributed by atoms with Crippen molar-refractivity contribution >= 4 is 34.8 Å². The first-order valence-electron chi connectivity index (χ1n) is 7.82. The van der Waals surface area contributed by atoms with Gasteiger partial charge >= 0.3 is 0 Å². The number of nitrogens with zero attached hydrogens (tertiary/aromatic N) is 3. The lowest BCUT2D eigenvalue weighted by Gasteiger charge is -2.17. The minimum absolute atomic E-state index is 0.272. The highest BCUT2D eigenvalue weighted by molar-refractivity contribution is 6.42. The average molecular weight is 391 g/mol. The van der Waals surface area contributed by atoms with E-state index in [0.717, 1.165) is 5.56 Å². The Kier molecular flexibility index (Phi) is 5.44. The Hall–Kier alpha value is -2.57. The summed E-state index contributed by atoms with van der Waals surface area (Å²) in [4.78, 5) is 12.6. The Bertz CT molecular complexity index is 942. The highest BCUT2D eigenvalue weighted by Gasteiger charge is 2.19. The van der Waals surface area contributed by atoms with Crippen LogP contribution in [0.1, 0.15) is 6.92 Å². The number of ether oxygens (including phenoxy) is 1. The summed E-state index contributed by atoms with van der Waals surface area (Å²) in [6, 6.07) is 12.4. The van der Waals surface area contributed by atoms with Crippen LogP contribution in [-0.2, 0) is 11.8 Å². The van der Waals surface area contributed by atoms with Gasteiger partial charge in [0.1, 0.15) is 17.1 Å². The van der Waals surface area contributed by atoms with E-state index in [2.05, 4.69) is 15.5 Å². The van der Waals surface area contributed by atoms with E-state index in [1.807, 2.05) is 25.2 Å². The molecule has 0 aliphatic heterocycles. The maximum atomic E-state index is 12.6. The molecule has 0 aliphatic carbocycles. The van der Waals surface area contributed by atoms with Crippen LogP contribution >= 0.6 is 23.2 Å². The Morgan fingerprint density at radius 3 is 2.69 bits per heavy atom. The third-order valence-electron chi connectivity index (χ3n) is 3.73. The molecule has 0 radical (unpaired) electrons. The predicted octanol–water partition coefficient (Wildman–Crippen LogP) is 4.19. The second-order valence-corrected chi connectivity index (χ2v) is 6.40. The first kappa shape index (κ1) is 18.2. The Morgan fingerprint density at radius 2 is 1.96 bits per heavy atom. The van der Waals surface area contributed by atoms with Gasteiger partial charge in [0.25, 0.3) is 5.91 Å². The van der Waals surface area contributed by atoms with Crippen LogP contribution in [0.4, 0.5) is 5.69 Å². The number of hydrogen-bond donors (Lipinski definition) is 1. The van der Waals surface area contributed by atoms with Crippen molar-refractivity contribution in [3.8, 4) is 17.1 Å². The number of carbonyl (C=O) groups excluding carboxylic acids is 1. The standard InChI is InChI=1S/C18H16Cl2N4O2/c1-11(26-15-9-5-7-13(19)16(15)20)18(25)22-14-8-4-3-6-12(14)17-23-21-10-24(17)2/h3-11H,1-2H3,(H,22,25). The van der Waals surface area contributed by atoms with E-state index < -0.39 is 6.10 Å². The molecule has 1 heterocycles. The Labute approximate surface area is 160 Å². The number of amides is 1. The summed E-state index contributed by atoms with van der Waals surface area (Å²) in [6.07, 6.45) is 0.819. The molecule has 3 rings (SSSR count). The second-order valence-electron chi connectivity index (χ2n) is 5.61. The molecule has 134 valence electrons. The van der Waals surface area contributed by atoms with E-state index in [1.54, 1.807) is 42.1 Å². The summed E-state index contributed by atoms with van der Waals surface area (Å²) in [7, 11) is 1.83. The molecule has 1 unspecified atom stereocenters. The van der Waals surface area contributed by atoms with E-state index in [0.29, 0.717) is 22.3 Å². The third kappa shape index (κ3) is 3.81. The van der Waals surface area contributed by atoms with Gasteiger partial charge in [-0.25, -0.2) is 0 Å². The van der Waals surface area contributed by atoms with Gasteiger partial charge in [0.05, 0.1) is 10.7 Å². The van der Waals surface area contributed by atoms with Gasteiger partial charge in [-0.05, 0) is 31.2 Å². The SMILES string of the molecule is CC(Oc1cccc(Cl)c1Cl)C(=O)Nc1ccccc1-c1nncn1C. The smallest absolute Gasteiger partial charge is 0.265 e. The van der Waals surface area contributed by atoms with Gasteiger partial charge < -0.3 is 14.6 Å². The fraction of sp³-hybridized carbons (Fsp3) is 0.167. The lowest BCUT2D eigenvalue weighted by molar-refractivity contribution is -0.122. The molecule has 1 N–H and O–H groups in total. The number of carbonyl (C=O) groups is 1. The highest BCUT2D eigenvalue weighted by Crippen LogP contribution is 2.32. The minimum Gasteiger partial charge on any atom is -0.479 e. The quantitative estimate of drug-likeness (QED) is 0.708. The number of nitrogens with one attached hydrogen (secondary N) is 1. The van der Waals surface area contributed by atoms with Crippen LogP contribution < -0.4 is 10.1 Å². The lowest BCUT2D eigenvalue weighted by Crippen LogP contribution is -2.30. The van der Waals surface area contributed by atoms with E-state index in [1.165, 1.54) is 0 Å². The van der Waals surface area contributed by atoms with Gasteiger partial charge in [0.2, 0.25) is 0 Å². The maximum absolute atomic E-state index is 12.6. The monoisotopic (exact) mass is 390 g/mol. The van der Waals surface area contributed by atoms with Crippen LogP contribution in [0.5, 0.6) is 5.75 Å². The number of aryl methyl sites for hydroxylation is 1. The lowest BCUT2D eigenvalue weighted by atomic mass is 10.1. The molecular weight excluding hydrogens is 375 g/mol. The summed E-state index contributed by atoms with van der Waals surface area (Å²) >= 11 is 12.1. The van der Waals surface area contributed by atoms with Crippen molar-refractivity contribution in [2.45, 2.75) is 13.0 Å². The molecule has 0 spiro atoms. The zero-order chi connectivity index (χ0) is 18.7. The molecule has 1 atom stereocenters. The average Bonchev–Trinajstić information content (AvgIpc) is 3.05. The van der Waals surface area contributed by atoms with Gasteiger partial charge in [-0.3, -0.25) is 4.79 Å².